The Labute approximate surface area is 184 Å². The van der Waals surface area contributed by atoms with Gasteiger partial charge in [0.2, 0.25) is 0 Å². The highest BCUT2D eigenvalue weighted by Gasteiger charge is 2.25. The topological polar surface area (TPSA) is 74.3 Å². The summed E-state index contributed by atoms with van der Waals surface area (Å²) in [6.45, 7) is 1.89. The van der Waals surface area contributed by atoms with Gasteiger partial charge in [-0.1, -0.05) is 23.2 Å². The van der Waals surface area contributed by atoms with Gasteiger partial charge in [0, 0.05) is 31.5 Å². The Balaban J connectivity index is 1.45. The first-order chi connectivity index (χ1) is 14.0. The number of halogens is 2. The minimum Gasteiger partial charge on any atom is -0.339 e. The van der Waals surface area contributed by atoms with Gasteiger partial charge >= 0.3 is 6.03 Å². The molecule has 3 amide bonds. The molecular formula is C20H22Cl2N4O2S. The number of benzene rings is 1. The highest BCUT2D eigenvalue weighted by molar-refractivity contribution is 7.98. The van der Waals surface area contributed by atoms with Crippen molar-refractivity contribution in [2.75, 3.05) is 31.2 Å². The molecule has 0 atom stereocenters. The lowest BCUT2D eigenvalue weighted by molar-refractivity contribution is 0.0686. The molecule has 1 fully saturated rings. The normalized spacial score (nSPS) is 14.5. The van der Waals surface area contributed by atoms with Crippen molar-refractivity contribution in [2.24, 2.45) is 5.92 Å². The SMILES string of the molecule is CSc1ncccc1C(=O)N1CCC(CNC(=O)Nc2ccc(Cl)c(Cl)c2)CC1. The highest BCUT2D eigenvalue weighted by Crippen LogP contribution is 2.25. The van der Waals surface area contributed by atoms with Crippen LogP contribution in [-0.4, -0.2) is 47.7 Å². The lowest BCUT2D eigenvalue weighted by Crippen LogP contribution is -2.42. The minimum atomic E-state index is -0.290. The third-order valence-electron chi connectivity index (χ3n) is 4.83. The summed E-state index contributed by atoms with van der Waals surface area (Å²) in [4.78, 5) is 31.0. The third-order valence-corrected chi connectivity index (χ3v) is 6.28. The van der Waals surface area contributed by atoms with E-state index < -0.39 is 0 Å². The summed E-state index contributed by atoms with van der Waals surface area (Å²) in [6.07, 6.45) is 5.30. The molecule has 2 heterocycles. The number of carbonyl (C=O) groups is 2. The molecule has 1 aliphatic heterocycles. The molecule has 0 radical (unpaired) electrons. The maximum atomic E-state index is 12.8. The van der Waals surface area contributed by atoms with E-state index in [0.717, 1.165) is 17.9 Å². The van der Waals surface area contributed by atoms with Crippen LogP contribution in [0.3, 0.4) is 0 Å². The number of aromatic nitrogens is 1. The molecule has 6 nitrogen and oxygen atoms in total. The molecule has 0 spiro atoms. The van der Waals surface area contributed by atoms with E-state index in [9.17, 15) is 9.59 Å². The summed E-state index contributed by atoms with van der Waals surface area (Å²) < 4.78 is 0. The summed E-state index contributed by atoms with van der Waals surface area (Å²) in [5.41, 5.74) is 1.23. The molecule has 154 valence electrons. The van der Waals surface area contributed by atoms with Crippen molar-refractivity contribution < 1.29 is 9.59 Å². The van der Waals surface area contributed by atoms with E-state index in [2.05, 4.69) is 15.6 Å². The molecule has 0 aliphatic carbocycles. The molecule has 9 heteroatoms. The lowest BCUT2D eigenvalue weighted by Gasteiger charge is -2.32. The number of amides is 3. The van der Waals surface area contributed by atoms with Crippen LogP contribution in [0, 0.1) is 5.92 Å². The standard InChI is InChI=1S/C20H22Cl2N4O2S/c1-29-18-15(3-2-8-23-18)19(27)26-9-6-13(7-10-26)12-24-20(28)25-14-4-5-16(21)17(22)11-14/h2-5,8,11,13H,6-7,9-10,12H2,1H3,(H2,24,25,28). The van der Waals surface area contributed by atoms with Crippen molar-refractivity contribution in [3.05, 3.63) is 52.1 Å². The van der Waals surface area contributed by atoms with E-state index in [1.807, 2.05) is 17.2 Å². The Bertz CT molecular complexity index is 889. The van der Waals surface area contributed by atoms with E-state index in [1.165, 1.54) is 11.8 Å². The lowest BCUT2D eigenvalue weighted by atomic mass is 9.96. The summed E-state index contributed by atoms with van der Waals surface area (Å²) >= 11 is 13.3. The second-order valence-corrected chi connectivity index (χ2v) is 8.37. The Morgan fingerprint density at radius 3 is 2.66 bits per heavy atom. The van der Waals surface area contributed by atoms with Crippen molar-refractivity contribution in [1.29, 1.82) is 0 Å². The minimum absolute atomic E-state index is 0.0196. The first-order valence-corrected chi connectivity index (χ1v) is 11.2. The Morgan fingerprint density at radius 2 is 1.97 bits per heavy atom. The van der Waals surface area contributed by atoms with Crippen LogP contribution in [0.15, 0.2) is 41.6 Å². The number of pyridine rings is 1. The molecule has 1 aromatic heterocycles. The number of thioether (sulfide) groups is 1. The van der Waals surface area contributed by atoms with Gasteiger partial charge in [-0.25, -0.2) is 9.78 Å². The van der Waals surface area contributed by atoms with Crippen LogP contribution in [0.25, 0.3) is 0 Å². The number of likely N-dealkylation sites (tertiary alicyclic amines) is 1. The zero-order chi connectivity index (χ0) is 20.8. The second kappa shape index (κ2) is 10.2. The number of piperidine rings is 1. The average Bonchev–Trinajstić information content (AvgIpc) is 2.74. The zero-order valence-electron chi connectivity index (χ0n) is 16.0. The molecule has 0 unspecified atom stereocenters. The van der Waals surface area contributed by atoms with Crippen molar-refractivity contribution >= 4 is 52.6 Å². The summed E-state index contributed by atoms with van der Waals surface area (Å²) in [6, 6.07) is 8.25. The number of urea groups is 1. The fraction of sp³-hybridized carbons (Fsp3) is 0.350. The van der Waals surface area contributed by atoms with Crippen molar-refractivity contribution in [3.8, 4) is 0 Å². The van der Waals surface area contributed by atoms with E-state index in [4.69, 9.17) is 23.2 Å². The van der Waals surface area contributed by atoms with Gasteiger partial charge < -0.3 is 15.5 Å². The van der Waals surface area contributed by atoms with Gasteiger partial charge in [-0.3, -0.25) is 4.79 Å². The van der Waals surface area contributed by atoms with Gasteiger partial charge in [-0.2, -0.15) is 0 Å². The quantitative estimate of drug-likeness (QED) is 0.639. The zero-order valence-corrected chi connectivity index (χ0v) is 18.3. The van der Waals surface area contributed by atoms with Crippen molar-refractivity contribution in [2.45, 2.75) is 17.9 Å². The third kappa shape index (κ3) is 5.78. The highest BCUT2D eigenvalue weighted by atomic mass is 35.5. The van der Waals surface area contributed by atoms with E-state index >= 15 is 0 Å². The van der Waals surface area contributed by atoms with Gasteiger partial charge in [-0.05, 0) is 55.3 Å². The van der Waals surface area contributed by atoms with Crippen LogP contribution in [0.2, 0.25) is 10.0 Å². The number of hydrogen-bond donors (Lipinski definition) is 2. The van der Waals surface area contributed by atoms with Crippen molar-refractivity contribution in [1.82, 2.24) is 15.2 Å². The predicted molar refractivity (Wildman–Crippen MR) is 118 cm³/mol. The Morgan fingerprint density at radius 1 is 1.21 bits per heavy atom. The first kappa shape index (κ1) is 21.7. The molecule has 3 rings (SSSR count). The monoisotopic (exact) mass is 452 g/mol. The number of carbonyl (C=O) groups excluding carboxylic acids is 2. The number of anilines is 1. The van der Waals surface area contributed by atoms with Gasteiger partial charge in [0.05, 0.1) is 15.6 Å². The van der Waals surface area contributed by atoms with E-state index in [1.54, 1.807) is 30.5 Å². The molecule has 1 aromatic carbocycles. The van der Waals surface area contributed by atoms with Gasteiger partial charge in [0.1, 0.15) is 5.03 Å². The fourth-order valence-corrected chi connectivity index (χ4v) is 4.05. The van der Waals surface area contributed by atoms with Crippen LogP contribution < -0.4 is 10.6 Å². The molecule has 2 N–H and O–H groups in total. The molecule has 1 aliphatic rings. The van der Waals surface area contributed by atoms with Crippen LogP contribution in [-0.2, 0) is 0 Å². The molecule has 29 heavy (non-hydrogen) atoms. The average molecular weight is 453 g/mol. The smallest absolute Gasteiger partial charge is 0.319 e. The number of nitrogens with one attached hydrogen (secondary N) is 2. The molecule has 2 aromatic rings. The summed E-state index contributed by atoms with van der Waals surface area (Å²) in [7, 11) is 0. The maximum absolute atomic E-state index is 12.8. The first-order valence-electron chi connectivity index (χ1n) is 9.26. The number of nitrogens with zero attached hydrogens (tertiary/aromatic N) is 2. The van der Waals surface area contributed by atoms with Crippen LogP contribution >= 0.6 is 35.0 Å². The van der Waals surface area contributed by atoms with Crippen LogP contribution in [0.1, 0.15) is 23.2 Å². The van der Waals surface area contributed by atoms with Gasteiger partial charge in [0.15, 0.2) is 0 Å². The Hall–Kier alpha value is -1.96. The summed E-state index contributed by atoms with van der Waals surface area (Å²) in [5, 5.41) is 7.21. The number of rotatable bonds is 5. The largest absolute Gasteiger partial charge is 0.339 e. The molecule has 0 bridgehead atoms. The predicted octanol–water partition coefficient (Wildman–Crippen LogP) is 4.78. The summed E-state index contributed by atoms with van der Waals surface area (Å²) in [5.74, 6) is 0.346. The second-order valence-electron chi connectivity index (χ2n) is 6.76. The molecule has 0 saturated carbocycles. The van der Waals surface area contributed by atoms with Crippen molar-refractivity contribution in [3.63, 3.8) is 0 Å². The van der Waals surface area contributed by atoms with E-state index in [-0.39, 0.29) is 11.9 Å². The molecule has 1 saturated heterocycles. The van der Waals surface area contributed by atoms with Gasteiger partial charge in [-0.15, -0.1) is 11.8 Å². The Kier molecular flexibility index (Phi) is 7.64. The fourth-order valence-electron chi connectivity index (χ4n) is 3.21. The molecular weight excluding hydrogens is 431 g/mol. The van der Waals surface area contributed by atoms with E-state index in [0.29, 0.717) is 46.8 Å². The van der Waals surface area contributed by atoms with Crippen LogP contribution in [0.4, 0.5) is 10.5 Å². The van der Waals surface area contributed by atoms with Crippen LogP contribution in [0.5, 0.6) is 0 Å². The number of hydrogen-bond acceptors (Lipinski definition) is 4. The van der Waals surface area contributed by atoms with Gasteiger partial charge in [0.25, 0.3) is 5.91 Å². The maximum Gasteiger partial charge on any atom is 0.319 e.